The molecule has 1 aliphatic carbocycles. The lowest BCUT2D eigenvalue weighted by Crippen LogP contribution is -2.63. The van der Waals surface area contributed by atoms with E-state index in [2.05, 4.69) is 4.18 Å². The minimum Gasteiger partial charge on any atom is -0.378 e. The third-order valence-corrected chi connectivity index (χ3v) is 9.53. The summed E-state index contributed by atoms with van der Waals surface area (Å²) in [6.07, 6.45) is -4.15. The van der Waals surface area contributed by atoms with Crippen LogP contribution in [0.15, 0.2) is 48.5 Å². The Balaban J connectivity index is 1.92. The van der Waals surface area contributed by atoms with E-state index in [0.29, 0.717) is 36.8 Å². The van der Waals surface area contributed by atoms with Gasteiger partial charge >= 0.3 is 39.2 Å². The molecule has 3 rings (SSSR count). The maximum atomic E-state index is 14.1. The van der Waals surface area contributed by atoms with Gasteiger partial charge in [-0.1, -0.05) is 55.7 Å². The molecule has 0 N–H and O–H groups in total. The van der Waals surface area contributed by atoms with Gasteiger partial charge in [-0.15, -0.1) is 0 Å². The second-order valence-electron chi connectivity index (χ2n) is 9.62. The minimum atomic E-state index is -7.36. The normalized spacial score (nSPS) is 17.3. The van der Waals surface area contributed by atoms with Crippen molar-refractivity contribution in [1.29, 1.82) is 0 Å². The summed E-state index contributed by atoms with van der Waals surface area (Å²) in [4.78, 5) is 0. The number of halogens is 11. The van der Waals surface area contributed by atoms with Crippen LogP contribution in [0.2, 0.25) is 0 Å². The number of hydrogen-bond acceptors (Lipinski definition) is 5. The van der Waals surface area contributed by atoms with Crippen LogP contribution in [0.5, 0.6) is 5.75 Å². The molecule has 2 aromatic carbocycles. The predicted octanol–water partition coefficient (Wildman–Crippen LogP) is 7.21. The molecule has 0 radical (unpaired) electrons. The number of alkyl halides is 11. The molecular formula is C24H21F11O5S2. The highest BCUT2D eigenvalue weighted by atomic mass is 32.2. The molecule has 1 fully saturated rings. The van der Waals surface area contributed by atoms with Crippen LogP contribution in [0.25, 0.3) is 0 Å². The second-order valence-corrected chi connectivity index (χ2v) is 13.2. The van der Waals surface area contributed by atoms with E-state index in [1.54, 1.807) is 0 Å². The quantitative estimate of drug-likeness (QED) is 0.199. The van der Waals surface area contributed by atoms with Gasteiger partial charge in [-0.25, -0.2) is 8.42 Å². The van der Waals surface area contributed by atoms with Gasteiger partial charge in [0, 0.05) is 5.41 Å². The maximum Gasteiger partial charge on any atom is 0.460 e. The lowest BCUT2D eigenvalue weighted by atomic mass is 9.65. The van der Waals surface area contributed by atoms with Gasteiger partial charge < -0.3 is 4.18 Å². The molecule has 5 nitrogen and oxygen atoms in total. The third-order valence-electron chi connectivity index (χ3n) is 6.91. The van der Waals surface area contributed by atoms with E-state index in [-0.39, 0.29) is 0 Å². The lowest BCUT2D eigenvalue weighted by molar-refractivity contribution is -0.382. The van der Waals surface area contributed by atoms with Gasteiger partial charge in [0.1, 0.15) is 5.75 Å². The first-order valence-corrected chi connectivity index (χ1v) is 15.0. The summed E-state index contributed by atoms with van der Waals surface area (Å²) in [6.45, 7) is 0. The smallest absolute Gasteiger partial charge is 0.378 e. The Kier molecular flexibility index (Phi) is 8.98. The van der Waals surface area contributed by atoms with E-state index in [9.17, 15) is 65.1 Å². The maximum absolute atomic E-state index is 14.1. The molecule has 0 saturated heterocycles. The average Bonchev–Trinajstić information content (AvgIpc) is 2.88. The second kappa shape index (κ2) is 11.1. The van der Waals surface area contributed by atoms with Crippen molar-refractivity contribution in [2.75, 3.05) is 0 Å². The van der Waals surface area contributed by atoms with Crippen LogP contribution in [0.3, 0.4) is 0 Å². The minimum absolute atomic E-state index is 0.417. The molecule has 1 saturated carbocycles. The van der Waals surface area contributed by atoms with Gasteiger partial charge in [0.25, 0.3) is 0 Å². The van der Waals surface area contributed by atoms with Gasteiger partial charge in [-0.3, -0.25) is 0 Å². The number of hydrogen-bond donors (Lipinski definition) is 0. The van der Waals surface area contributed by atoms with Crippen molar-refractivity contribution < 1.29 is 69.3 Å². The predicted molar refractivity (Wildman–Crippen MR) is 126 cm³/mol. The number of sulfone groups is 1. The van der Waals surface area contributed by atoms with E-state index >= 15 is 0 Å². The van der Waals surface area contributed by atoms with E-state index in [1.165, 1.54) is 24.3 Å². The molecule has 0 amide bonds. The fraction of sp³-hybridized carbons (Fsp3) is 0.500. The summed E-state index contributed by atoms with van der Waals surface area (Å²) in [5.74, 6) is -20.9. The zero-order valence-electron chi connectivity index (χ0n) is 21.0. The molecule has 236 valence electrons. The highest BCUT2D eigenvalue weighted by Crippen LogP contribution is 2.55. The Morgan fingerprint density at radius 2 is 1.14 bits per heavy atom. The van der Waals surface area contributed by atoms with Crippen LogP contribution in [-0.2, 0) is 31.1 Å². The Hall–Kier alpha value is -2.63. The van der Waals surface area contributed by atoms with E-state index in [1.807, 2.05) is 0 Å². The molecule has 0 atom stereocenters. The van der Waals surface area contributed by atoms with Crippen molar-refractivity contribution in [3.8, 4) is 5.75 Å². The average molecular weight is 663 g/mol. The van der Waals surface area contributed by atoms with Crippen LogP contribution in [-0.4, -0.2) is 45.9 Å². The summed E-state index contributed by atoms with van der Waals surface area (Å²) >= 11 is 0. The van der Waals surface area contributed by atoms with Crippen molar-refractivity contribution in [3.63, 3.8) is 0 Å². The Labute approximate surface area is 232 Å². The van der Waals surface area contributed by atoms with Crippen molar-refractivity contribution >= 4 is 20.0 Å². The van der Waals surface area contributed by atoms with Crippen LogP contribution < -0.4 is 4.18 Å². The van der Waals surface area contributed by atoms with E-state index in [4.69, 9.17) is 0 Å². The molecule has 1 aliphatic rings. The standard InChI is InChI=1S/C24H21F11O5S2/c25-19(26)42(38,39)40-18-10-8-17(9-11-18)20(12-2-1-3-13-20)16-6-4-15(5-7-16)14-41(36,37)24(34,35)22(29,30)21(27,28)23(31,32)33/h4-11,19H,1-3,12-14H2. The zero-order valence-corrected chi connectivity index (χ0v) is 22.6. The largest absolute Gasteiger partial charge is 0.460 e. The molecule has 18 heteroatoms. The summed E-state index contributed by atoms with van der Waals surface area (Å²) in [5.41, 5.74) is -0.485. The highest BCUT2D eigenvalue weighted by molar-refractivity contribution is 7.91. The topological polar surface area (TPSA) is 77.5 Å². The number of rotatable bonds is 10. The molecule has 42 heavy (non-hydrogen) atoms. The van der Waals surface area contributed by atoms with Crippen molar-refractivity contribution in [3.05, 3.63) is 65.2 Å². The summed E-state index contributed by atoms with van der Waals surface area (Å²) in [6, 6.07) is 9.31. The summed E-state index contributed by atoms with van der Waals surface area (Å²) in [5, 5.41) is -6.80. The monoisotopic (exact) mass is 662 g/mol. The summed E-state index contributed by atoms with van der Waals surface area (Å²) < 4.78 is 195. The first-order valence-electron chi connectivity index (χ1n) is 11.9. The summed E-state index contributed by atoms with van der Waals surface area (Å²) in [7, 11) is -11.8. The van der Waals surface area contributed by atoms with E-state index < -0.39 is 71.5 Å². The van der Waals surface area contributed by atoms with Gasteiger partial charge in [0.2, 0.25) is 9.84 Å². The fourth-order valence-electron chi connectivity index (χ4n) is 4.69. The van der Waals surface area contributed by atoms with Crippen molar-refractivity contribution in [2.45, 2.75) is 72.3 Å². The van der Waals surface area contributed by atoms with Gasteiger partial charge in [-0.05, 0) is 41.7 Å². The van der Waals surface area contributed by atoms with Crippen LogP contribution in [0.4, 0.5) is 48.3 Å². The van der Waals surface area contributed by atoms with Gasteiger partial charge in [-0.2, -0.15) is 56.7 Å². The highest BCUT2D eigenvalue weighted by Gasteiger charge is 2.85. The molecule has 0 heterocycles. The lowest BCUT2D eigenvalue weighted by Gasteiger charge is -2.39. The van der Waals surface area contributed by atoms with E-state index in [0.717, 1.165) is 30.7 Å². The Morgan fingerprint density at radius 1 is 0.690 bits per heavy atom. The van der Waals surface area contributed by atoms with Crippen LogP contribution in [0, 0.1) is 0 Å². The molecule has 0 aliphatic heterocycles. The fourth-order valence-corrected chi connectivity index (χ4v) is 6.47. The molecule has 0 unspecified atom stereocenters. The molecule has 0 aromatic heterocycles. The Bertz CT molecular complexity index is 1460. The SMILES string of the molecule is O=S(=O)(Oc1ccc(C2(c3ccc(CS(=O)(=O)C(F)(F)C(F)(F)C(F)(F)C(F)(F)F)cc3)CCCCC2)cc1)C(F)F. The van der Waals surface area contributed by atoms with Crippen LogP contribution >= 0.6 is 0 Å². The van der Waals surface area contributed by atoms with Gasteiger partial charge in [0.15, 0.2) is 0 Å². The zero-order chi connectivity index (χ0) is 32.0. The van der Waals surface area contributed by atoms with Crippen molar-refractivity contribution in [2.24, 2.45) is 0 Å². The molecular weight excluding hydrogens is 641 g/mol. The van der Waals surface area contributed by atoms with Crippen molar-refractivity contribution in [1.82, 2.24) is 0 Å². The van der Waals surface area contributed by atoms with Gasteiger partial charge in [0.05, 0.1) is 5.75 Å². The third kappa shape index (κ3) is 5.92. The number of benzene rings is 2. The van der Waals surface area contributed by atoms with Crippen LogP contribution in [0.1, 0.15) is 48.8 Å². The molecule has 0 spiro atoms. The Morgan fingerprint density at radius 3 is 1.57 bits per heavy atom. The molecule has 2 aromatic rings. The first kappa shape index (κ1) is 33.9. The first-order chi connectivity index (χ1) is 19.0. The molecule has 0 bridgehead atoms.